The van der Waals surface area contributed by atoms with E-state index in [0.717, 1.165) is 5.56 Å². The van der Waals surface area contributed by atoms with Gasteiger partial charge >= 0.3 is 0 Å². The number of para-hydroxylation sites is 1. The summed E-state index contributed by atoms with van der Waals surface area (Å²) < 4.78 is 11.0. The maximum atomic E-state index is 9.97. The summed E-state index contributed by atoms with van der Waals surface area (Å²) >= 11 is 0. The monoisotopic (exact) mass is 298 g/mol. The molecule has 6 heteroatoms. The summed E-state index contributed by atoms with van der Waals surface area (Å²) in [6.45, 7) is 3.54. The molecule has 1 saturated heterocycles. The van der Waals surface area contributed by atoms with Gasteiger partial charge in [-0.1, -0.05) is 32.0 Å². The first kappa shape index (κ1) is 16.2. The van der Waals surface area contributed by atoms with Gasteiger partial charge in [-0.25, -0.2) is 0 Å². The highest BCUT2D eigenvalue weighted by molar-refractivity contribution is 5.35. The Balaban J connectivity index is 2.19. The van der Waals surface area contributed by atoms with Crippen molar-refractivity contribution < 1.29 is 29.9 Å². The predicted molar refractivity (Wildman–Crippen MR) is 74.9 cm³/mol. The SMILES string of the molecule is CC(C)c1ccccc1O[C@H]1O[C@H](CO)[C@@H](O)[C@H](O)[C@@H]1O. The van der Waals surface area contributed by atoms with Crippen molar-refractivity contribution in [2.24, 2.45) is 0 Å². The van der Waals surface area contributed by atoms with Crippen LogP contribution in [0.15, 0.2) is 24.3 Å². The Hall–Kier alpha value is -1.18. The van der Waals surface area contributed by atoms with Crippen LogP contribution in [0.3, 0.4) is 0 Å². The largest absolute Gasteiger partial charge is 0.462 e. The minimum atomic E-state index is -1.44. The number of aliphatic hydroxyl groups excluding tert-OH is 4. The van der Waals surface area contributed by atoms with E-state index >= 15 is 0 Å². The van der Waals surface area contributed by atoms with Crippen LogP contribution in [0.2, 0.25) is 0 Å². The van der Waals surface area contributed by atoms with E-state index in [4.69, 9.17) is 14.6 Å². The molecular weight excluding hydrogens is 276 g/mol. The Labute approximate surface area is 123 Å². The second-order valence-corrected chi connectivity index (χ2v) is 5.51. The van der Waals surface area contributed by atoms with E-state index < -0.39 is 37.3 Å². The van der Waals surface area contributed by atoms with Gasteiger partial charge in [0.05, 0.1) is 6.61 Å². The van der Waals surface area contributed by atoms with Crippen molar-refractivity contribution in [3.63, 3.8) is 0 Å². The Morgan fingerprint density at radius 1 is 1.10 bits per heavy atom. The number of aliphatic hydroxyl groups is 4. The van der Waals surface area contributed by atoms with Crippen LogP contribution >= 0.6 is 0 Å². The summed E-state index contributed by atoms with van der Waals surface area (Å²) in [4.78, 5) is 0. The van der Waals surface area contributed by atoms with Gasteiger partial charge in [-0.3, -0.25) is 0 Å². The number of ether oxygens (including phenoxy) is 2. The van der Waals surface area contributed by atoms with E-state index in [1.807, 2.05) is 26.0 Å². The smallest absolute Gasteiger partial charge is 0.229 e. The van der Waals surface area contributed by atoms with Crippen LogP contribution in [-0.2, 0) is 4.74 Å². The van der Waals surface area contributed by atoms with Crippen molar-refractivity contribution in [3.8, 4) is 5.75 Å². The number of benzene rings is 1. The molecule has 1 aliphatic rings. The highest BCUT2D eigenvalue weighted by Crippen LogP contribution is 2.30. The Morgan fingerprint density at radius 2 is 1.76 bits per heavy atom. The zero-order chi connectivity index (χ0) is 15.6. The van der Waals surface area contributed by atoms with Crippen LogP contribution < -0.4 is 4.74 Å². The van der Waals surface area contributed by atoms with Gasteiger partial charge in [0, 0.05) is 0 Å². The average Bonchev–Trinajstić information content (AvgIpc) is 2.48. The molecule has 1 aliphatic heterocycles. The highest BCUT2D eigenvalue weighted by Gasteiger charge is 2.44. The highest BCUT2D eigenvalue weighted by atomic mass is 16.7. The standard InChI is InChI=1S/C15H22O6/c1-8(2)9-5-3-4-6-10(9)20-15-14(19)13(18)12(17)11(7-16)21-15/h3-6,8,11-19H,7H2,1-2H3/t11-,12-,13+,14+,15+/m1/s1. The summed E-state index contributed by atoms with van der Waals surface area (Å²) in [5.74, 6) is 0.753. The maximum Gasteiger partial charge on any atom is 0.229 e. The van der Waals surface area contributed by atoms with Crippen molar-refractivity contribution in [1.82, 2.24) is 0 Å². The van der Waals surface area contributed by atoms with E-state index in [-0.39, 0.29) is 5.92 Å². The molecule has 1 aromatic rings. The molecule has 0 amide bonds. The third-order valence-corrected chi connectivity index (χ3v) is 3.63. The Kier molecular flexibility index (Phi) is 5.18. The lowest BCUT2D eigenvalue weighted by Gasteiger charge is -2.39. The predicted octanol–water partition coefficient (Wildman–Crippen LogP) is -0.0113. The van der Waals surface area contributed by atoms with Gasteiger partial charge in [-0.05, 0) is 17.5 Å². The van der Waals surface area contributed by atoms with Crippen molar-refractivity contribution in [1.29, 1.82) is 0 Å². The fraction of sp³-hybridized carbons (Fsp3) is 0.600. The third-order valence-electron chi connectivity index (χ3n) is 3.63. The molecule has 1 heterocycles. The van der Waals surface area contributed by atoms with Crippen LogP contribution in [0.1, 0.15) is 25.3 Å². The molecule has 1 fully saturated rings. The summed E-state index contributed by atoms with van der Waals surface area (Å²) in [5.41, 5.74) is 0.939. The van der Waals surface area contributed by atoms with E-state index in [0.29, 0.717) is 5.75 Å². The first-order chi connectivity index (χ1) is 9.95. The first-order valence-corrected chi connectivity index (χ1v) is 7.01. The van der Waals surface area contributed by atoms with Crippen molar-refractivity contribution in [2.75, 3.05) is 6.61 Å². The van der Waals surface area contributed by atoms with Crippen LogP contribution in [0.5, 0.6) is 5.75 Å². The fourth-order valence-corrected chi connectivity index (χ4v) is 2.35. The van der Waals surface area contributed by atoms with E-state index in [9.17, 15) is 15.3 Å². The molecule has 0 spiro atoms. The van der Waals surface area contributed by atoms with Gasteiger partial charge in [0.1, 0.15) is 30.2 Å². The molecule has 4 N–H and O–H groups in total. The molecule has 0 saturated carbocycles. The minimum absolute atomic E-state index is 0.214. The average molecular weight is 298 g/mol. The van der Waals surface area contributed by atoms with Crippen LogP contribution in [0.4, 0.5) is 0 Å². The molecule has 2 rings (SSSR count). The van der Waals surface area contributed by atoms with Crippen LogP contribution in [-0.4, -0.2) is 57.7 Å². The summed E-state index contributed by atoms with van der Waals surface area (Å²) in [7, 11) is 0. The normalized spacial score (nSPS) is 33.2. The second kappa shape index (κ2) is 6.72. The summed E-state index contributed by atoms with van der Waals surface area (Å²) in [5, 5.41) is 38.6. The van der Waals surface area contributed by atoms with Crippen molar-refractivity contribution >= 4 is 0 Å². The topological polar surface area (TPSA) is 99.4 Å². The third kappa shape index (κ3) is 3.36. The summed E-state index contributed by atoms with van der Waals surface area (Å²) in [6.07, 6.45) is -6.35. The molecule has 0 radical (unpaired) electrons. The Bertz CT molecular complexity index is 461. The molecule has 118 valence electrons. The number of hydrogen-bond acceptors (Lipinski definition) is 6. The van der Waals surface area contributed by atoms with Crippen molar-refractivity contribution in [3.05, 3.63) is 29.8 Å². The van der Waals surface area contributed by atoms with Gasteiger partial charge in [0.25, 0.3) is 0 Å². The molecule has 21 heavy (non-hydrogen) atoms. The van der Waals surface area contributed by atoms with E-state index in [1.54, 1.807) is 12.1 Å². The molecule has 6 nitrogen and oxygen atoms in total. The fourth-order valence-electron chi connectivity index (χ4n) is 2.35. The number of rotatable bonds is 4. The lowest BCUT2D eigenvalue weighted by molar-refractivity contribution is -0.277. The molecule has 0 aromatic heterocycles. The van der Waals surface area contributed by atoms with Crippen LogP contribution in [0, 0.1) is 0 Å². The van der Waals surface area contributed by atoms with Gasteiger partial charge in [0.2, 0.25) is 6.29 Å². The van der Waals surface area contributed by atoms with Gasteiger partial charge in [-0.2, -0.15) is 0 Å². The van der Waals surface area contributed by atoms with E-state index in [2.05, 4.69) is 0 Å². The van der Waals surface area contributed by atoms with E-state index in [1.165, 1.54) is 0 Å². The van der Waals surface area contributed by atoms with Gasteiger partial charge in [-0.15, -0.1) is 0 Å². The zero-order valence-corrected chi connectivity index (χ0v) is 12.1. The lowest BCUT2D eigenvalue weighted by Crippen LogP contribution is -2.60. The molecule has 0 aliphatic carbocycles. The van der Waals surface area contributed by atoms with Gasteiger partial charge < -0.3 is 29.9 Å². The Morgan fingerprint density at radius 3 is 2.38 bits per heavy atom. The van der Waals surface area contributed by atoms with Crippen LogP contribution in [0.25, 0.3) is 0 Å². The molecule has 1 aromatic carbocycles. The van der Waals surface area contributed by atoms with Gasteiger partial charge in [0.15, 0.2) is 0 Å². The molecule has 0 bridgehead atoms. The summed E-state index contributed by atoms with van der Waals surface area (Å²) in [6, 6.07) is 7.33. The minimum Gasteiger partial charge on any atom is -0.462 e. The molecule has 5 atom stereocenters. The first-order valence-electron chi connectivity index (χ1n) is 7.01. The number of hydrogen-bond donors (Lipinski definition) is 4. The lowest BCUT2D eigenvalue weighted by atomic mass is 9.99. The van der Waals surface area contributed by atoms with Crippen molar-refractivity contribution in [2.45, 2.75) is 50.5 Å². The molecular formula is C15H22O6. The quantitative estimate of drug-likeness (QED) is 0.624. The maximum absolute atomic E-state index is 9.97. The second-order valence-electron chi connectivity index (χ2n) is 5.51. The zero-order valence-electron chi connectivity index (χ0n) is 12.1. The molecule has 0 unspecified atom stereocenters.